The molecule has 1 rings (SSSR count). The van der Waals surface area contributed by atoms with Crippen LogP contribution in [0.25, 0.3) is 0 Å². The highest BCUT2D eigenvalue weighted by Gasteiger charge is 2.20. The first-order chi connectivity index (χ1) is 9.32. The van der Waals surface area contributed by atoms with Crippen LogP contribution in [-0.4, -0.2) is 55.9 Å². The number of rotatable bonds is 7. The summed E-state index contributed by atoms with van der Waals surface area (Å²) in [5.74, 6) is -2.12. The van der Waals surface area contributed by atoms with Crippen LogP contribution in [0.5, 0.6) is 0 Å². The summed E-state index contributed by atoms with van der Waals surface area (Å²) < 4.78 is 26.0. The lowest BCUT2D eigenvalue weighted by Gasteiger charge is -2.24. The van der Waals surface area contributed by atoms with Crippen molar-refractivity contribution in [2.45, 2.75) is 19.4 Å². The molecular weight excluding hydrogens is 262 g/mol. The van der Waals surface area contributed by atoms with Gasteiger partial charge in [0.05, 0.1) is 6.04 Å². The number of nitrogens with zero attached hydrogens (tertiary/aromatic N) is 2. The number of benzene rings is 1. The molecular formula is C15H22F2N2O. The van der Waals surface area contributed by atoms with Gasteiger partial charge >= 0.3 is 0 Å². The zero-order valence-corrected chi connectivity index (χ0v) is 12.5. The Morgan fingerprint density at radius 1 is 1.15 bits per heavy atom. The highest BCUT2D eigenvalue weighted by Crippen LogP contribution is 2.13. The van der Waals surface area contributed by atoms with Crippen molar-refractivity contribution in [2.75, 3.05) is 34.2 Å². The number of likely N-dealkylation sites (N-methyl/N-ethyl adjacent to an activating group) is 1. The number of Topliss-reactive ketones (excluding diaryl/α,β-unsaturated/α-hetero) is 1. The maximum atomic E-state index is 13.1. The number of hydrogen-bond acceptors (Lipinski definition) is 3. The summed E-state index contributed by atoms with van der Waals surface area (Å²) in [5, 5.41) is 0. The molecule has 0 aliphatic carbocycles. The maximum absolute atomic E-state index is 13.1. The second kappa shape index (κ2) is 7.45. The topological polar surface area (TPSA) is 23.6 Å². The van der Waals surface area contributed by atoms with E-state index in [1.54, 1.807) is 6.92 Å². The summed E-state index contributed by atoms with van der Waals surface area (Å²) >= 11 is 0. The molecule has 0 bridgehead atoms. The van der Waals surface area contributed by atoms with E-state index in [4.69, 9.17) is 0 Å². The third-order valence-corrected chi connectivity index (χ3v) is 3.36. The summed E-state index contributed by atoms with van der Waals surface area (Å²) in [4.78, 5) is 16.2. The van der Waals surface area contributed by atoms with Crippen LogP contribution in [0.3, 0.4) is 0 Å². The number of hydrogen-bond donors (Lipinski definition) is 0. The van der Waals surface area contributed by atoms with Gasteiger partial charge in [0.15, 0.2) is 17.4 Å². The van der Waals surface area contributed by atoms with Gasteiger partial charge in [-0.15, -0.1) is 0 Å². The Balaban J connectivity index is 2.63. The van der Waals surface area contributed by atoms with Gasteiger partial charge < -0.3 is 4.90 Å². The Morgan fingerprint density at radius 3 is 2.35 bits per heavy atom. The number of carbonyl (C=O) groups excluding carboxylic acids is 1. The molecule has 0 fully saturated rings. The molecule has 1 aromatic rings. The van der Waals surface area contributed by atoms with E-state index in [9.17, 15) is 13.6 Å². The highest BCUT2D eigenvalue weighted by atomic mass is 19.2. The third-order valence-electron chi connectivity index (χ3n) is 3.36. The molecule has 0 radical (unpaired) electrons. The predicted octanol–water partition coefficient (Wildman–Crippen LogP) is 2.42. The van der Waals surface area contributed by atoms with Crippen molar-refractivity contribution >= 4 is 5.78 Å². The van der Waals surface area contributed by atoms with Gasteiger partial charge in [-0.25, -0.2) is 8.78 Å². The van der Waals surface area contributed by atoms with Crippen molar-refractivity contribution in [1.29, 1.82) is 0 Å². The van der Waals surface area contributed by atoms with Crippen LogP contribution in [0.2, 0.25) is 0 Å². The van der Waals surface area contributed by atoms with Crippen LogP contribution in [0.15, 0.2) is 18.2 Å². The van der Waals surface area contributed by atoms with E-state index in [-0.39, 0.29) is 17.4 Å². The van der Waals surface area contributed by atoms with E-state index in [1.165, 1.54) is 6.07 Å². The van der Waals surface area contributed by atoms with Crippen LogP contribution >= 0.6 is 0 Å². The van der Waals surface area contributed by atoms with Gasteiger partial charge in [0.1, 0.15) is 0 Å². The Bertz CT molecular complexity index is 463. The standard InChI is InChI=1S/C15H22F2N2O/c1-11(19(4)9-5-8-18(2)3)15(20)12-6-7-13(16)14(17)10-12/h6-7,10-11H,5,8-9H2,1-4H3. The quantitative estimate of drug-likeness (QED) is 0.718. The van der Waals surface area contributed by atoms with Crippen molar-refractivity contribution in [3.63, 3.8) is 0 Å². The number of carbonyl (C=O) groups is 1. The van der Waals surface area contributed by atoms with Crippen LogP contribution < -0.4 is 0 Å². The second-order valence-corrected chi connectivity index (χ2v) is 5.31. The summed E-state index contributed by atoms with van der Waals surface area (Å²) in [6, 6.07) is 2.91. The van der Waals surface area contributed by atoms with Crippen molar-refractivity contribution in [3.05, 3.63) is 35.4 Å². The third kappa shape index (κ3) is 4.65. The average molecular weight is 284 g/mol. The Hall–Kier alpha value is -1.33. The Morgan fingerprint density at radius 2 is 1.80 bits per heavy atom. The van der Waals surface area contributed by atoms with E-state index in [0.29, 0.717) is 0 Å². The average Bonchev–Trinajstić information content (AvgIpc) is 2.39. The smallest absolute Gasteiger partial charge is 0.179 e. The van der Waals surface area contributed by atoms with Crippen LogP contribution in [0.4, 0.5) is 8.78 Å². The molecule has 1 atom stereocenters. The molecule has 0 heterocycles. The zero-order chi connectivity index (χ0) is 15.3. The SMILES string of the molecule is CC(C(=O)c1ccc(F)c(F)c1)N(C)CCCN(C)C. The Labute approximate surface area is 119 Å². The molecule has 0 aromatic heterocycles. The fourth-order valence-electron chi connectivity index (χ4n) is 1.92. The molecule has 1 unspecified atom stereocenters. The van der Waals surface area contributed by atoms with Crippen LogP contribution in [-0.2, 0) is 0 Å². The van der Waals surface area contributed by atoms with Crippen LogP contribution in [0, 0.1) is 11.6 Å². The fourth-order valence-corrected chi connectivity index (χ4v) is 1.92. The molecule has 112 valence electrons. The molecule has 5 heteroatoms. The molecule has 0 aliphatic heterocycles. The van der Waals surface area contributed by atoms with Crippen molar-refractivity contribution < 1.29 is 13.6 Å². The van der Waals surface area contributed by atoms with Gasteiger partial charge in [0.2, 0.25) is 0 Å². The number of ketones is 1. The maximum Gasteiger partial charge on any atom is 0.179 e. The molecule has 20 heavy (non-hydrogen) atoms. The fraction of sp³-hybridized carbons (Fsp3) is 0.533. The summed E-state index contributed by atoms with van der Waals surface area (Å²) in [6.45, 7) is 3.49. The van der Waals surface area contributed by atoms with E-state index in [0.717, 1.165) is 31.6 Å². The molecule has 0 spiro atoms. The van der Waals surface area contributed by atoms with Gasteiger partial charge in [-0.05, 0) is 65.8 Å². The molecule has 0 saturated heterocycles. The molecule has 0 N–H and O–H groups in total. The minimum atomic E-state index is -0.988. The highest BCUT2D eigenvalue weighted by molar-refractivity contribution is 5.99. The van der Waals surface area contributed by atoms with Crippen molar-refractivity contribution in [1.82, 2.24) is 9.80 Å². The summed E-state index contributed by atoms with van der Waals surface area (Å²) in [6.07, 6.45) is 0.943. The molecule has 0 saturated carbocycles. The summed E-state index contributed by atoms with van der Waals surface area (Å²) in [5.41, 5.74) is 0.204. The molecule has 1 aromatic carbocycles. The lowest BCUT2D eigenvalue weighted by atomic mass is 10.0. The normalized spacial score (nSPS) is 13.0. The molecule has 0 amide bonds. The molecule has 0 aliphatic rings. The molecule has 3 nitrogen and oxygen atoms in total. The first kappa shape index (κ1) is 16.7. The largest absolute Gasteiger partial charge is 0.309 e. The lowest BCUT2D eigenvalue weighted by Crippen LogP contribution is -2.37. The van der Waals surface area contributed by atoms with Gasteiger partial charge in [-0.1, -0.05) is 0 Å². The van der Waals surface area contributed by atoms with Gasteiger partial charge in [0, 0.05) is 5.56 Å². The first-order valence-electron chi connectivity index (χ1n) is 6.67. The van der Waals surface area contributed by atoms with Crippen LogP contribution in [0.1, 0.15) is 23.7 Å². The van der Waals surface area contributed by atoms with E-state index in [2.05, 4.69) is 4.90 Å². The van der Waals surface area contributed by atoms with Crippen molar-refractivity contribution in [2.24, 2.45) is 0 Å². The van der Waals surface area contributed by atoms with Gasteiger partial charge in [-0.2, -0.15) is 0 Å². The zero-order valence-electron chi connectivity index (χ0n) is 12.5. The first-order valence-corrected chi connectivity index (χ1v) is 6.67. The van der Waals surface area contributed by atoms with E-state index >= 15 is 0 Å². The minimum absolute atomic E-state index is 0.198. The lowest BCUT2D eigenvalue weighted by molar-refractivity contribution is 0.0865. The van der Waals surface area contributed by atoms with E-state index in [1.807, 2.05) is 26.0 Å². The van der Waals surface area contributed by atoms with Crippen molar-refractivity contribution in [3.8, 4) is 0 Å². The second-order valence-electron chi connectivity index (χ2n) is 5.31. The van der Waals surface area contributed by atoms with E-state index < -0.39 is 11.6 Å². The monoisotopic (exact) mass is 284 g/mol. The number of halogens is 2. The predicted molar refractivity (Wildman–Crippen MR) is 76.0 cm³/mol. The van der Waals surface area contributed by atoms with Gasteiger partial charge in [0.25, 0.3) is 0 Å². The summed E-state index contributed by atoms with van der Waals surface area (Å²) in [7, 11) is 5.85. The minimum Gasteiger partial charge on any atom is -0.309 e. The van der Waals surface area contributed by atoms with Gasteiger partial charge in [-0.3, -0.25) is 9.69 Å². The Kier molecular flexibility index (Phi) is 6.23.